The number of hydrogen-bond acceptors (Lipinski definition) is 4. The topological polar surface area (TPSA) is 44.7 Å². The van der Waals surface area contributed by atoms with Crippen LogP contribution in [-0.4, -0.2) is 55.4 Å². The SMILES string of the molecule is CC12CCC3c4ccc(OCCN5CCNCC5)cc4CCC3C1CCC2O. The van der Waals surface area contributed by atoms with Crippen LogP contribution in [0.15, 0.2) is 18.2 Å². The van der Waals surface area contributed by atoms with E-state index in [2.05, 4.69) is 35.3 Å². The molecule has 0 radical (unpaired) electrons. The van der Waals surface area contributed by atoms with Crippen LogP contribution >= 0.6 is 0 Å². The molecule has 0 aromatic heterocycles. The molecule has 3 fully saturated rings. The van der Waals surface area contributed by atoms with E-state index in [1.165, 1.54) is 37.7 Å². The lowest BCUT2D eigenvalue weighted by Gasteiger charge is -2.50. The van der Waals surface area contributed by atoms with E-state index in [-0.39, 0.29) is 11.5 Å². The van der Waals surface area contributed by atoms with Crippen molar-refractivity contribution in [1.29, 1.82) is 0 Å². The van der Waals surface area contributed by atoms with Crippen molar-refractivity contribution in [3.8, 4) is 5.75 Å². The summed E-state index contributed by atoms with van der Waals surface area (Å²) in [5.74, 6) is 3.22. The summed E-state index contributed by atoms with van der Waals surface area (Å²) in [7, 11) is 0. The van der Waals surface area contributed by atoms with Crippen molar-refractivity contribution in [2.75, 3.05) is 39.3 Å². The van der Waals surface area contributed by atoms with Crippen molar-refractivity contribution in [2.45, 2.75) is 57.5 Å². The minimum Gasteiger partial charge on any atom is -0.492 e. The fourth-order valence-corrected chi connectivity index (χ4v) is 6.85. The van der Waals surface area contributed by atoms with Gasteiger partial charge in [-0.05, 0) is 85.0 Å². The van der Waals surface area contributed by atoms with Crippen molar-refractivity contribution < 1.29 is 9.84 Å². The fraction of sp³-hybridized carbons (Fsp3) is 0.750. The summed E-state index contributed by atoms with van der Waals surface area (Å²) in [5, 5.41) is 14.0. The number of aliphatic hydroxyl groups is 1. The molecule has 1 aromatic rings. The van der Waals surface area contributed by atoms with Crippen LogP contribution in [0.1, 0.15) is 56.1 Å². The zero-order valence-corrected chi connectivity index (χ0v) is 17.3. The molecule has 0 bridgehead atoms. The molecule has 5 unspecified atom stereocenters. The predicted molar refractivity (Wildman–Crippen MR) is 112 cm³/mol. The van der Waals surface area contributed by atoms with E-state index in [0.29, 0.717) is 11.8 Å². The number of benzene rings is 1. The molecule has 0 amide bonds. The van der Waals surface area contributed by atoms with Gasteiger partial charge in [-0.1, -0.05) is 13.0 Å². The molecule has 4 aliphatic rings. The lowest BCUT2D eigenvalue weighted by atomic mass is 9.55. The molecule has 0 spiro atoms. The first-order chi connectivity index (χ1) is 13.6. The van der Waals surface area contributed by atoms with Crippen molar-refractivity contribution in [1.82, 2.24) is 10.2 Å². The van der Waals surface area contributed by atoms with Crippen LogP contribution in [0.25, 0.3) is 0 Å². The van der Waals surface area contributed by atoms with Gasteiger partial charge < -0.3 is 15.2 Å². The molecule has 1 saturated heterocycles. The van der Waals surface area contributed by atoms with Crippen LogP contribution in [-0.2, 0) is 6.42 Å². The number of piperazine rings is 1. The van der Waals surface area contributed by atoms with Crippen molar-refractivity contribution in [2.24, 2.45) is 17.3 Å². The minimum absolute atomic E-state index is 0.0775. The van der Waals surface area contributed by atoms with Gasteiger partial charge in [0.2, 0.25) is 0 Å². The number of nitrogens with zero attached hydrogens (tertiary/aromatic N) is 1. The van der Waals surface area contributed by atoms with E-state index in [1.54, 1.807) is 5.56 Å². The molecular formula is C24H36N2O2. The third kappa shape index (κ3) is 3.28. The van der Waals surface area contributed by atoms with Crippen LogP contribution in [0.5, 0.6) is 5.75 Å². The van der Waals surface area contributed by atoms with Gasteiger partial charge in [0.05, 0.1) is 6.10 Å². The van der Waals surface area contributed by atoms with E-state index in [1.807, 2.05) is 0 Å². The second kappa shape index (κ2) is 7.62. The Balaban J connectivity index is 1.25. The zero-order valence-electron chi connectivity index (χ0n) is 17.3. The van der Waals surface area contributed by atoms with E-state index < -0.39 is 0 Å². The molecule has 4 heteroatoms. The van der Waals surface area contributed by atoms with Crippen LogP contribution in [0, 0.1) is 17.3 Å². The Kier molecular flexibility index (Phi) is 5.14. The Morgan fingerprint density at radius 2 is 2.04 bits per heavy atom. The van der Waals surface area contributed by atoms with Crippen LogP contribution < -0.4 is 10.1 Å². The molecule has 5 atom stereocenters. The Labute approximate surface area is 169 Å². The molecule has 1 aromatic carbocycles. The highest BCUT2D eigenvalue weighted by atomic mass is 16.5. The number of aliphatic hydroxyl groups excluding tert-OH is 1. The first-order valence-electron chi connectivity index (χ1n) is 11.5. The number of hydrogen-bond donors (Lipinski definition) is 2. The van der Waals surface area contributed by atoms with Crippen molar-refractivity contribution in [3.63, 3.8) is 0 Å². The molecule has 1 heterocycles. The van der Waals surface area contributed by atoms with Gasteiger partial charge in [0.25, 0.3) is 0 Å². The summed E-state index contributed by atoms with van der Waals surface area (Å²) in [6.45, 7) is 8.61. The average Bonchev–Trinajstić information content (AvgIpc) is 3.03. The summed E-state index contributed by atoms with van der Waals surface area (Å²) < 4.78 is 6.12. The standard InChI is InChI=1S/C24H36N2O2/c1-24-9-8-20-19-5-3-18(28-15-14-26-12-10-25-11-13-26)16-17(19)2-4-21(20)22(24)6-7-23(24)27/h3,5,16,20-23,25,27H,2,4,6-15H2,1H3. The van der Waals surface area contributed by atoms with Crippen LogP contribution in [0.4, 0.5) is 0 Å². The second-order valence-corrected chi connectivity index (χ2v) is 9.85. The molecule has 2 N–H and O–H groups in total. The van der Waals surface area contributed by atoms with Crippen LogP contribution in [0.2, 0.25) is 0 Å². The lowest BCUT2D eigenvalue weighted by molar-refractivity contribution is -0.0226. The van der Waals surface area contributed by atoms with E-state index >= 15 is 0 Å². The van der Waals surface area contributed by atoms with E-state index in [4.69, 9.17) is 4.74 Å². The summed E-state index contributed by atoms with van der Waals surface area (Å²) in [6.07, 6.45) is 7.04. The highest BCUT2D eigenvalue weighted by Gasteiger charge is 2.54. The Morgan fingerprint density at radius 1 is 1.18 bits per heavy atom. The lowest BCUT2D eigenvalue weighted by Crippen LogP contribution is -2.44. The number of aryl methyl sites for hydroxylation is 1. The highest BCUT2D eigenvalue weighted by Crippen LogP contribution is 2.60. The zero-order chi connectivity index (χ0) is 19.1. The normalized spacial score (nSPS) is 37.8. The molecule has 1 aliphatic heterocycles. The number of rotatable bonds is 4. The third-order valence-corrected chi connectivity index (χ3v) is 8.53. The first-order valence-corrected chi connectivity index (χ1v) is 11.5. The number of fused-ring (bicyclic) bond motifs is 5. The summed E-state index contributed by atoms with van der Waals surface area (Å²) in [6, 6.07) is 6.89. The third-order valence-electron chi connectivity index (χ3n) is 8.53. The van der Waals surface area contributed by atoms with Gasteiger partial charge in [-0.25, -0.2) is 0 Å². The maximum atomic E-state index is 10.6. The largest absolute Gasteiger partial charge is 0.492 e. The Morgan fingerprint density at radius 3 is 2.89 bits per heavy atom. The van der Waals surface area contributed by atoms with Crippen molar-refractivity contribution >= 4 is 0 Å². The van der Waals surface area contributed by atoms with Gasteiger partial charge >= 0.3 is 0 Å². The minimum atomic E-state index is -0.0775. The highest BCUT2D eigenvalue weighted by molar-refractivity contribution is 5.40. The monoisotopic (exact) mass is 384 g/mol. The van der Waals surface area contributed by atoms with Gasteiger partial charge in [0, 0.05) is 32.7 Å². The van der Waals surface area contributed by atoms with Crippen LogP contribution in [0.3, 0.4) is 0 Å². The van der Waals surface area contributed by atoms with E-state index in [0.717, 1.165) is 57.4 Å². The van der Waals surface area contributed by atoms with E-state index in [9.17, 15) is 5.11 Å². The second-order valence-electron chi connectivity index (χ2n) is 9.85. The van der Waals surface area contributed by atoms with Gasteiger partial charge in [0.15, 0.2) is 0 Å². The molecule has 154 valence electrons. The Hall–Kier alpha value is -1.10. The summed E-state index contributed by atoms with van der Waals surface area (Å²) in [5.41, 5.74) is 3.27. The quantitative estimate of drug-likeness (QED) is 0.837. The molecule has 5 rings (SSSR count). The Bertz CT molecular complexity index is 702. The molecule has 4 nitrogen and oxygen atoms in total. The molecular weight excluding hydrogens is 348 g/mol. The van der Waals surface area contributed by atoms with Crippen molar-refractivity contribution in [3.05, 3.63) is 29.3 Å². The van der Waals surface area contributed by atoms with Gasteiger partial charge in [-0.3, -0.25) is 4.90 Å². The smallest absolute Gasteiger partial charge is 0.119 e. The van der Waals surface area contributed by atoms with Gasteiger partial charge in [-0.15, -0.1) is 0 Å². The number of ether oxygens (including phenoxy) is 1. The number of nitrogens with one attached hydrogen (secondary N) is 1. The maximum absolute atomic E-state index is 10.6. The maximum Gasteiger partial charge on any atom is 0.119 e. The first kappa shape index (κ1) is 18.9. The van der Waals surface area contributed by atoms with Gasteiger partial charge in [-0.2, -0.15) is 0 Å². The van der Waals surface area contributed by atoms with Gasteiger partial charge in [0.1, 0.15) is 12.4 Å². The molecule has 3 aliphatic carbocycles. The molecule has 2 saturated carbocycles. The summed E-state index contributed by atoms with van der Waals surface area (Å²) in [4.78, 5) is 2.48. The predicted octanol–water partition coefficient (Wildman–Crippen LogP) is 3.19. The summed E-state index contributed by atoms with van der Waals surface area (Å²) >= 11 is 0. The average molecular weight is 385 g/mol. The fourth-order valence-electron chi connectivity index (χ4n) is 6.85. The molecule has 28 heavy (non-hydrogen) atoms.